The zero-order chi connectivity index (χ0) is 16.5. The van der Waals surface area contributed by atoms with Crippen molar-refractivity contribution < 1.29 is 28.7 Å². The largest absolute Gasteiger partial charge is 0.481 e. The van der Waals surface area contributed by atoms with E-state index in [0.717, 1.165) is 6.08 Å². The average molecular weight is 309 g/mol. The fourth-order valence-electron chi connectivity index (χ4n) is 1.43. The summed E-state index contributed by atoms with van der Waals surface area (Å²) < 4.78 is 4.97. The van der Waals surface area contributed by atoms with Crippen LogP contribution in [-0.2, 0) is 14.4 Å². The minimum absolute atomic E-state index is 0.360. The molecule has 0 radical (unpaired) electrons. The maximum atomic E-state index is 11.7. The molecule has 1 heterocycles. The minimum atomic E-state index is -1.18. The van der Waals surface area contributed by atoms with Gasteiger partial charge in [0, 0.05) is 12.6 Å². The van der Waals surface area contributed by atoms with Gasteiger partial charge in [0.15, 0.2) is 0 Å². The lowest BCUT2D eigenvalue weighted by molar-refractivity contribution is -0.138. The number of nitrogens with two attached hydrogens (primary N) is 1. The number of hydrogen-bond donors (Lipinski definition) is 3. The lowest BCUT2D eigenvalue weighted by Gasteiger charge is -2.17. The third kappa shape index (κ3) is 5.90. The summed E-state index contributed by atoms with van der Waals surface area (Å²) in [5, 5.41) is 10.8. The number of urea groups is 1. The standard InChI is InChI=1S/C13H15N3O6/c14-13(21)16(6-5-12(19)20)11(18)8-15-10(17)4-3-9-2-1-7-22-9/h1-4,7H,5-6,8H2,(H2,14,21)(H,15,17)(H,19,20)/b4-3+. The first-order valence-electron chi connectivity index (χ1n) is 6.21. The molecule has 1 rings (SSSR count). The van der Waals surface area contributed by atoms with Crippen molar-refractivity contribution in [2.75, 3.05) is 13.1 Å². The molecule has 0 aliphatic carbocycles. The van der Waals surface area contributed by atoms with Crippen LogP contribution < -0.4 is 11.1 Å². The highest BCUT2D eigenvalue weighted by molar-refractivity contribution is 5.98. The normalized spacial score (nSPS) is 10.4. The van der Waals surface area contributed by atoms with Crippen LogP contribution in [-0.4, -0.2) is 46.9 Å². The molecule has 22 heavy (non-hydrogen) atoms. The summed E-state index contributed by atoms with van der Waals surface area (Å²) in [6.07, 6.45) is 3.56. The van der Waals surface area contributed by atoms with Crippen LogP contribution in [0.5, 0.6) is 0 Å². The van der Waals surface area contributed by atoms with E-state index in [9.17, 15) is 19.2 Å². The molecule has 0 aliphatic rings. The van der Waals surface area contributed by atoms with Gasteiger partial charge in [0.25, 0.3) is 0 Å². The van der Waals surface area contributed by atoms with E-state index >= 15 is 0 Å². The van der Waals surface area contributed by atoms with Crippen molar-refractivity contribution in [2.24, 2.45) is 5.73 Å². The predicted molar refractivity (Wildman–Crippen MR) is 74.3 cm³/mol. The van der Waals surface area contributed by atoms with Crippen LogP contribution in [0.1, 0.15) is 12.2 Å². The molecule has 0 fully saturated rings. The van der Waals surface area contributed by atoms with Gasteiger partial charge in [-0.15, -0.1) is 0 Å². The molecular weight excluding hydrogens is 294 g/mol. The third-order valence-corrected chi connectivity index (χ3v) is 2.47. The summed E-state index contributed by atoms with van der Waals surface area (Å²) in [6.45, 7) is -0.842. The van der Waals surface area contributed by atoms with Gasteiger partial charge in [0.2, 0.25) is 11.8 Å². The maximum Gasteiger partial charge on any atom is 0.321 e. The van der Waals surface area contributed by atoms with Crippen LogP contribution in [0.3, 0.4) is 0 Å². The predicted octanol–water partition coefficient (Wildman–Crippen LogP) is -0.209. The van der Waals surface area contributed by atoms with Crippen molar-refractivity contribution >= 4 is 29.9 Å². The molecule has 0 spiro atoms. The van der Waals surface area contributed by atoms with Gasteiger partial charge in [-0.25, -0.2) is 4.79 Å². The number of carboxylic acid groups (broad SMARTS) is 1. The van der Waals surface area contributed by atoms with Gasteiger partial charge in [0.1, 0.15) is 5.76 Å². The quantitative estimate of drug-likeness (QED) is 0.595. The molecule has 4 amide bonds. The molecule has 1 aromatic rings. The molecule has 0 unspecified atom stereocenters. The third-order valence-electron chi connectivity index (χ3n) is 2.47. The van der Waals surface area contributed by atoms with E-state index < -0.39 is 36.8 Å². The lowest BCUT2D eigenvalue weighted by Crippen LogP contribution is -2.46. The highest BCUT2D eigenvalue weighted by Crippen LogP contribution is 2.01. The second kappa shape index (κ2) is 8.25. The number of carboxylic acids is 1. The number of carbonyl (C=O) groups is 4. The minimum Gasteiger partial charge on any atom is -0.481 e. The van der Waals surface area contributed by atoms with Crippen LogP contribution in [0, 0.1) is 0 Å². The van der Waals surface area contributed by atoms with Crippen molar-refractivity contribution in [2.45, 2.75) is 6.42 Å². The molecule has 118 valence electrons. The molecule has 0 saturated carbocycles. The number of hydrogen-bond acceptors (Lipinski definition) is 5. The Bertz CT molecular complexity index is 579. The molecule has 0 saturated heterocycles. The molecule has 0 atom stereocenters. The molecule has 0 bridgehead atoms. The lowest BCUT2D eigenvalue weighted by atomic mass is 10.3. The Hall–Kier alpha value is -3.10. The van der Waals surface area contributed by atoms with Crippen LogP contribution >= 0.6 is 0 Å². The number of furan rings is 1. The Kier molecular flexibility index (Phi) is 6.35. The Morgan fingerprint density at radius 3 is 2.64 bits per heavy atom. The first-order chi connectivity index (χ1) is 10.4. The SMILES string of the molecule is NC(=O)N(CCC(=O)O)C(=O)CNC(=O)/C=C/c1ccco1. The van der Waals surface area contributed by atoms with Gasteiger partial charge in [-0.1, -0.05) is 0 Å². The summed E-state index contributed by atoms with van der Waals surface area (Å²) in [6, 6.07) is 2.20. The summed E-state index contributed by atoms with van der Waals surface area (Å²) in [7, 11) is 0. The first-order valence-corrected chi connectivity index (χ1v) is 6.21. The van der Waals surface area contributed by atoms with Gasteiger partial charge >= 0.3 is 12.0 Å². The Morgan fingerprint density at radius 1 is 1.36 bits per heavy atom. The summed E-state index contributed by atoms with van der Waals surface area (Å²) >= 11 is 0. The summed E-state index contributed by atoms with van der Waals surface area (Å²) in [5.74, 6) is -2.09. The molecular formula is C13H15N3O6. The molecule has 9 heteroatoms. The molecule has 0 aliphatic heterocycles. The van der Waals surface area contributed by atoms with E-state index in [0.29, 0.717) is 10.7 Å². The first kappa shape index (κ1) is 17.0. The monoisotopic (exact) mass is 309 g/mol. The van der Waals surface area contributed by atoms with Gasteiger partial charge < -0.3 is 20.6 Å². The van der Waals surface area contributed by atoms with Crippen molar-refractivity contribution in [1.82, 2.24) is 10.2 Å². The van der Waals surface area contributed by atoms with Crippen molar-refractivity contribution in [3.63, 3.8) is 0 Å². The Labute approximate surface area is 125 Å². The summed E-state index contributed by atoms with van der Waals surface area (Å²) in [4.78, 5) is 45.3. The van der Waals surface area contributed by atoms with Crippen LogP contribution in [0.2, 0.25) is 0 Å². The number of imide groups is 1. The van der Waals surface area contributed by atoms with Crippen LogP contribution in [0.15, 0.2) is 28.9 Å². The molecule has 0 aromatic carbocycles. The molecule has 4 N–H and O–H groups in total. The van der Waals surface area contributed by atoms with E-state index in [4.69, 9.17) is 15.3 Å². The van der Waals surface area contributed by atoms with Crippen molar-refractivity contribution in [1.29, 1.82) is 0 Å². The van der Waals surface area contributed by atoms with E-state index in [-0.39, 0.29) is 6.54 Å². The average Bonchev–Trinajstić information content (AvgIpc) is 2.95. The van der Waals surface area contributed by atoms with E-state index in [2.05, 4.69) is 5.32 Å². The Balaban J connectivity index is 2.46. The highest BCUT2D eigenvalue weighted by atomic mass is 16.4. The van der Waals surface area contributed by atoms with Crippen LogP contribution in [0.25, 0.3) is 6.08 Å². The second-order valence-electron chi connectivity index (χ2n) is 4.09. The second-order valence-corrected chi connectivity index (χ2v) is 4.09. The highest BCUT2D eigenvalue weighted by Gasteiger charge is 2.19. The number of aliphatic carboxylic acids is 1. The van der Waals surface area contributed by atoms with Crippen molar-refractivity contribution in [3.8, 4) is 0 Å². The zero-order valence-corrected chi connectivity index (χ0v) is 11.5. The molecule has 1 aromatic heterocycles. The van der Waals surface area contributed by atoms with Crippen LogP contribution in [0.4, 0.5) is 4.79 Å². The van der Waals surface area contributed by atoms with Gasteiger partial charge in [-0.2, -0.15) is 0 Å². The van der Waals surface area contributed by atoms with E-state index in [1.54, 1.807) is 12.1 Å². The number of amides is 4. The fraction of sp³-hybridized carbons (Fsp3) is 0.231. The number of rotatable bonds is 7. The van der Waals surface area contributed by atoms with E-state index in [1.807, 2.05) is 0 Å². The maximum absolute atomic E-state index is 11.7. The Morgan fingerprint density at radius 2 is 2.09 bits per heavy atom. The van der Waals surface area contributed by atoms with Gasteiger partial charge in [-0.05, 0) is 18.2 Å². The summed E-state index contributed by atoms with van der Waals surface area (Å²) in [5.41, 5.74) is 4.99. The molecule has 9 nitrogen and oxygen atoms in total. The smallest absolute Gasteiger partial charge is 0.321 e. The fourth-order valence-corrected chi connectivity index (χ4v) is 1.43. The topological polar surface area (TPSA) is 143 Å². The zero-order valence-electron chi connectivity index (χ0n) is 11.5. The number of nitrogens with one attached hydrogen (secondary N) is 1. The number of carbonyl (C=O) groups excluding carboxylic acids is 3. The van der Waals surface area contributed by atoms with E-state index in [1.165, 1.54) is 12.3 Å². The number of primary amides is 1. The van der Waals surface area contributed by atoms with Crippen molar-refractivity contribution in [3.05, 3.63) is 30.2 Å². The van der Waals surface area contributed by atoms with Gasteiger partial charge in [0.05, 0.1) is 19.2 Å². The number of nitrogens with zero attached hydrogens (tertiary/aromatic N) is 1. The van der Waals surface area contributed by atoms with Gasteiger partial charge in [-0.3, -0.25) is 19.3 Å².